The number of para-hydroxylation sites is 2. The van der Waals surface area contributed by atoms with E-state index in [0.29, 0.717) is 24.3 Å². The van der Waals surface area contributed by atoms with Crippen LogP contribution >= 0.6 is 0 Å². The molecule has 0 spiro atoms. The average molecular weight is 389 g/mol. The van der Waals surface area contributed by atoms with Gasteiger partial charge in [-0.2, -0.15) is 4.68 Å². The smallest absolute Gasteiger partial charge is 0.160 e. The monoisotopic (exact) mass is 389 g/mol. The molecule has 8 heteroatoms. The summed E-state index contributed by atoms with van der Waals surface area (Å²) < 4.78 is 9.22. The van der Waals surface area contributed by atoms with E-state index >= 15 is 0 Å². The first-order valence-corrected chi connectivity index (χ1v) is 9.74. The number of hydrogen-bond donors (Lipinski definition) is 0. The Morgan fingerprint density at radius 1 is 1.03 bits per heavy atom. The van der Waals surface area contributed by atoms with E-state index < -0.39 is 0 Å². The molecule has 1 unspecified atom stereocenters. The lowest BCUT2D eigenvalue weighted by molar-refractivity contribution is 0.175. The zero-order valence-corrected chi connectivity index (χ0v) is 17.0. The number of imidazole rings is 1. The molecular weight excluding hydrogens is 366 g/mol. The van der Waals surface area contributed by atoms with Crippen molar-refractivity contribution in [3.63, 3.8) is 0 Å². The van der Waals surface area contributed by atoms with Gasteiger partial charge in [-0.3, -0.25) is 0 Å². The maximum absolute atomic E-state index is 5.26. The zero-order valence-electron chi connectivity index (χ0n) is 17.0. The Labute approximate surface area is 168 Å². The minimum absolute atomic E-state index is 0.335. The molecule has 0 radical (unpaired) electrons. The quantitative estimate of drug-likeness (QED) is 0.522. The molecule has 0 aliphatic heterocycles. The van der Waals surface area contributed by atoms with Crippen molar-refractivity contribution >= 4 is 11.0 Å². The molecule has 29 heavy (non-hydrogen) atoms. The molecule has 8 nitrogen and oxygen atoms in total. The van der Waals surface area contributed by atoms with Crippen LogP contribution in [0, 0.1) is 13.8 Å². The van der Waals surface area contributed by atoms with Crippen molar-refractivity contribution in [2.75, 3.05) is 7.11 Å². The van der Waals surface area contributed by atoms with Gasteiger partial charge in [0.1, 0.15) is 24.1 Å². The molecule has 3 aromatic heterocycles. The van der Waals surface area contributed by atoms with E-state index in [1.165, 1.54) is 0 Å². The number of benzene rings is 1. The van der Waals surface area contributed by atoms with Gasteiger partial charge >= 0.3 is 0 Å². The van der Waals surface area contributed by atoms with Crippen LogP contribution in [0.25, 0.3) is 16.9 Å². The van der Waals surface area contributed by atoms with Crippen LogP contribution in [0.2, 0.25) is 0 Å². The van der Waals surface area contributed by atoms with Crippen molar-refractivity contribution in [3.8, 4) is 5.82 Å². The maximum atomic E-state index is 5.26. The summed E-state index contributed by atoms with van der Waals surface area (Å²) >= 11 is 0. The summed E-state index contributed by atoms with van der Waals surface area (Å²) in [5, 5.41) is 4.50. The number of fused-ring (bicyclic) bond motifs is 1. The molecule has 5 rings (SSSR count). The average Bonchev–Trinajstić information content (AvgIpc) is 3.31. The number of rotatable bonds is 5. The van der Waals surface area contributed by atoms with Crippen LogP contribution < -0.4 is 0 Å². The molecule has 2 atom stereocenters. The molecule has 148 valence electrons. The van der Waals surface area contributed by atoms with Gasteiger partial charge in [-0.05, 0) is 32.4 Å². The number of aryl methyl sites for hydroxylation is 3. The van der Waals surface area contributed by atoms with Gasteiger partial charge in [-0.15, -0.1) is 5.10 Å². The van der Waals surface area contributed by atoms with Gasteiger partial charge in [0.15, 0.2) is 11.6 Å². The van der Waals surface area contributed by atoms with E-state index in [1.807, 2.05) is 26.0 Å². The van der Waals surface area contributed by atoms with Gasteiger partial charge in [0.05, 0.1) is 16.7 Å². The summed E-state index contributed by atoms with van der Waals surface area (Å²) in [6.07, 6.45) is 1.04. The summed E-state index contributed by atoms with van der Waals surface area (Å²) in [5.74, 6) is 4.70. The molecule has 1 aromatic carbocycles. The lowest BCUT2D eigenvalue weighted by Gasteiger charge is -2.08. The Balaban J connectivity index is 1.49. The fraction of sp³-hybridized carbons (Fsp3) is 0.381. The molecule has 0 amide bonds. The highest BCUT2D eigenvalue weighted by molar-refractivity contribution is 5.76. The molecule has 1 aliphatic rings. The molecule has 1 saturated carbocycles. The van der Waals surface area contributed by atoms with Gasteiger partial charge in [-0.1, -0.05) is 12.1 Å². The minimum atomic E-state index is 0.335. The Bertz CT molecular complexity index is 1210. The summed E-state index contributed by atoms with van der Waals surface area (Å²) in [6.45, 7) is 4.16. The number of aromatic nitrogens is 7. The van der Waals surface area contributed by atoms with Crippen LogP contribution in [0.4, 0.5) is 0 Å². The van der Waals surface area contributed by atoms with Crippen molar-refractivity contribution < 1.29 is 4.74 Å². The van der Waals surface area contributed by atoms with Gasteiger partial charge in [-0.25, -0.2) is 19.9 Å². The summed E-state index contributed by atoms with van der Waals surface area (Å²) in [4.78, 5) is 18.6. The molecule has 1 fully saturated rings. The van der Waals surface area contributed by atoms with Crippen LogP contribution in [0.15, 0.2) is 30.3 Å². The second-order valence-corrected chi connectivity index (χ2v) is 7.58. The van der Waals surface area contributed by atoms with Gasteiger partial charge in [0.2, 0.25) is 0 Å². The van der Waals surface area contributed by atoms with E-state index in [-0.39, 0.29) is 0 Å². The minimum Gasteiger partial charge on any atom is -0.377 e. The van der Waals surface area contributed by atoms with Crippen LogP contribution in [-0.4, -0.2) is 41.4 Å². The second kappa shape index (κ2) is 6.73. The highest BCUT2D eigenvalue weighted by Crippen LogP contribution is 2.54. The first-order chi connectivity index (χ1) is 14.0. The molecule has 0 bridgehead atoms. The predicted octanol–water partition coefficient (Wildman–Crippen LogP) is 2.98. The van der Waals surface area contributed by atoms with Crippen molar-refractivity contribution in [1.82, 2.24) is 34.3 Å². The number of methoxy groups -OCH3 is 1. The number of hydrogen-bond acceptors (Lipinski definition) is 6. The standard InChI is InChI=1S/C21H23N7O/c1-12-22-17(10-19(23-12)28-20(11-29-4)24-13(2)26-28)14-9-15(14)21-25-16-7-5-6-8-18(16)27(21)3/h5-8,10,14-15H,9,11H2,1-4H3/t14?,15-/m1/s1. The molecular formula is C21H23N7O. The largest absolute Gasteiger partial charge is 0.377 e. The van der Waals surface area contributed by atoms with Gasteiger partial charge < -0.3 is 9.30 Å². The summed E-state index contributed by atoms with van der Waals surface area (Å²) in [7, 11) is 3.74. The van der Waals surface area contributed by atoms with E-state index in [0.717, 1.165) is 46.4 Å². The van der Waals surface area contributed by atoms with E-state index in [2.05, 4.69) is 44.9 Å². The third-order valence-electron chi connectivity index (χ3n) is 5.44. The topological polar surface area (TPSA) is 83.5 Å². The van der Waals surface area contributed by atoms with E-state index in [1.54, 1.807) is 11.8 Å². The number of nitrogens with zero attached hydrogens (tertiary/aromatic N) is 7. The maximum Gasteiger partial charge on any atom is 0.160 e. The Hall–Kier alpha value is -3.13. The summed E-state index contributed by atoms with van der Waals surface area (Å²) in [5.41, 5.74) is 3.23. The van der Waals surface area contributed by atoms with Crippen LogP contribution in [0.1, 0.15) is 47.2 Å². The normalized spacial score (nSPS) is 18.5. The number of ether oxygens (including phenoxy) is 1. The second-order valence-electron chi connectivity index (χ2n) is 7.58. The molecule has 4 aromatic rings. The summed E-state index contributed by atoms with van der Waals surface area (Å²) in [6, 6.07) is 10.3. The SMILES string of the molecule is COCc1nc(C)nn1-c1cc(C2C[C@H]2c2nc3ccccc3n2C)nc(C)n1. The van der Waals surface area contributed by atoms with Crippen LogP contribution in [0.5, 0.6) is 0 Å². The fourth-order valence-corrected chi connectivity index (χ4v) is 4.04. The Morgan fingerprint density at radius 3 is 2.66 bits per heavy atom. The van der Waals surface area contributed by atoms with Crippen molar-refractivity contribution in [2.45, 2.75) is 38.7 Å². The van der Waals surface area contributed by atoms with E-state index in [9.17, 15) is 0 Å². The molecule has 3 heterocycles. The fourth-order valence-electron chi connectivity index (χ4n) is 4.04. The van der Waals surface area contributed by atoms with Crippen molar-refractivity contribution in [1.29, 1.82) is 0 Å². The third kappa shape index (κ3) is 3.09. The first-order valence-electron chi connectivity index (χ1n) is 9.74. The molecule has 0 N–H and O–H groups in total. The molecule has 0 saturated heterocycles. The highest BCUT2D eigenvalue weighted by Gasteiger charge is 2.44. The van der Waals surface area contributed by atoms with Crippen LogP contribution in [0.3, 0.4) is 0 Å². The van der Waals surface area contributed by atoms with Gasteiger partial charge in [0, 0.05) is 32.1 Å². The molecule has 1 aliphatic carbocycles. The zero-order chi connectivity index (χ0) is 20.1. The lowest BCUT2D eigenvalue weighted by atomic mass is 10.2. The van der Waals surface area contributed by atoms with Gasteiger partial charge in [0.25, 0.3) is 0 Å². The van der Waals surface area contributed by atoms with E-state index in [4.69, 9.17) is 14.7 Å². The van der Waals surface area contributed by atoms with Crippen molar-refractivity contribution in [3.05, 3.63) is 59.3 Å². The predicted molar refractivity (Wildman–Crippen MR) is 108 cm³/mol. The Morgan fingerprint density at radius 2 is 1.86 bits per heavy atom. The Kier molecular flexibility index (Phi) is 4.16. The lowest BCUT2D eigenvalue weighted by Crippen LogP contribution is -2.09. The third-order valence-corrected chi connectivity index (χ3v) is 5.44. The van der Waals surface area contributed by atoms with Crippen LogP contribution in [-0.2, 0) is 18.4 Å². The first kappa shape index (κ1) is 17.9. The van der Waals surface area contributed by atoms with Crippen molar-refractivity contribution in [2.24, 2.45) is 7.05 Å². The highest BCUT2D eigenvalue weighted by atomic mass is 16.5.